The standard InChI is InChI=1S/C26H32F2N2O2S.C2H6/c1-6-8-19-13-14-32-23-12-10-20(27)15-21(23)26(16-19)30(24(31)7-2)29-25(33-26)18(5)9-11-22(28)17(3)4;1-2/h9-12,15,19H,3,6-8,13-14,16H2,1-2,4-5H3;1-2H3/b18-9+,22-11+;/t19-,26?;/m1./s1. The van der Waals surface area contributed by atoms with Crippen LogP contribution in [-0.4, -0.2) is 22.6 Å². The summed E-state index contributed by atoms with van der Waals surface area (Å²) in [7, 11) is 0. The molecule has 0 saturated carbocycles. The highest BCUT2D eigenvalue weighted by Gasteiger charge is 2.51. The first-order chi connectivity index (χ1) is 16.7. The smallest absolute Gasteiger partial charge is 0.244 e. The highest BCUT2D eigenvalue weighted by atomic mass is 32.2. The molecule has 0 N–H and O–H groups in total. The molecule has 2 atom stereocenters. The molecule has 35 heavy (non-hydrogen) atoms. The van der Waals surface area contributed by atoms with E-state index in [2.05, 4.69) is 13.5 Å². The van der Waals surface area contributed by atoms with Crippen molar-refractivity contribution in [2.24, 2.45) is 11.0 Å². The molecular formula is C28H38F2N2O2S. The summed E-state index contributed by atoms with van der Waals surface area (Å²) in [6.45, 7) is 15.5. The van der Waals surface area contributed by atoms with Crippen LogP contribution in [-0.2, 0) is 9.67 Å². The maximum absolute atomic E-state index is 14.5. The first-order valence-electron chi connectivity index (χ1n) is 12.5. The molecule has 4 nitrogen and oxygen atoms in total. The Morgan fingerprint density at radius 1 is 1.31 bits per heavy atom. The van der Waals surface area contributed by atoms with Crippen LogP contribution in [0.5, 0.6) is 5.75 Å². The van der Waals surface area contributed by atoms with Crippen molar-refractivity contribution >= 4 is 22.7 Å². The van der Waals surface area contributed by atoms with Crippen molar-refractivity contribution in [2.75, 3.05) is 6.61 Å². The lowest BCUT2D eigenvalue weighted by Crippen LogP contribution is -2.44. The number of halogens is 2. The molecule has 0 radical (unpaired) electrons. The van der Waals surface area contributed by atoms with E-state index < -0.39 is 10.7 Å². The van der Waals surface area contributed by atoms with E-state index in [-0.39, 0.29) is 24.1 Å². The van der Waals surface area contributed by atoms with Crippen molar-refractivity contribution in [3.05, 3.63) is 65.3 Å². The average molecular weight is 505 g/mol. The summed E-state index contributed by atoms with van der Waals surface area (Å²) in [5, 5.41) is 6.81. The molecule has 2 heterocycles. The minimum Gasteiger partial charge on any atom is -0.493 e. The number of hydrogen-bond acceptors (Lipinski definition) is 4. The molecule has 0 saturated heterocycles. The number of amides is 1. The highest BCUT2D eigenvalue weighted by Crippen LogP contribution is 2.55. The number of hydrogen-bond donors (Lipinski definition) is 0. The van der Waals surface area contributed by atoms with Crippen molar-refractivity contribution in [1.29, 1.82) is 0 Å². The molecule has 7 heteroatoms. The van der Waals surface area contributed by atoms with Gasteiger partial charge in [0.1, 0.15) is 27.3 Å². The van der Waals surface area contributed by atoms with Gasteiger partial charge in [-0.05, 0) is 68.0 Å². The number of benzene rings is 1. The van der Waals surface area contributed by atoms with Crippen LogP contribution in [0.2, 0.25) is 0 Å². The minimum atomic E-state index is -0.925. The summed E-state index contributed by atoms with van der Waals surface area (Å²) < 4.78 is 34.5. The van der Waals surface area contributed by atoms with Gasteiger partial charge in [-0.15, -0.1) is 0 Å². The predicted molar refractivity (Wildman–Crippen MR) is 142 cm³/mol. The van der Waals surface area contributed by atoms with Gasteiger partial charge in [-0.2, -0.15) is 5.10 Å². The van der Waals surface area contributed by atoms with E-state index in [1.54, 1.807) is 26.0 Å². The van der Waals surface area contributed by atoms with E-state index in [0.29, 0.717) is 35.0 Å². The van der Waals surface area contributed by atoms with E-state index in [9.17, 15) is 13.6 Å². The molecule has 0 bridgehead atoms. The normalized spacial score (nSPS) is 22.3. The first kappa shape index (κ1) is 28.8. The van der Waals surface area contributed by atoms with E-state index >= 15 is 0 Å². The van der Waals surface area contributed by atoms with Gasteiger partial charge in [-0.1, -0.05) is 65.0 Å². The number of hydrazone groups is 1. The van der Waals surface area contributed by atoms with Crippen molar-refractivity contribution in [3.63, 3.8) is 0 Å². The Hall–Kier alpha value is -2.41. The Labute approximate surface area is 213 Å². The van der Waals surface area contributed by atoms with Gasteiger partial charge in [0.25, 0.3) is 0 Å². The van der Waals surface area contributed by atoms with Gasteiger partial charge >= 0.3 is 0 Å². The number of nitrogens with zero attached hydrogens (tertiary/aromatic N) is 2. The zero-order valence-corrected chi connectivity index (χ0v) is 22.6. The molecule has 2 aliphatic rings. The Morgan fingerprint density at radius 2 is 2.03 bits per heavy atom. The van der Waals surface area contributed by atoms with Crippen LogP contribution in [0.3, 0.4) is 0 Å². The maximum atomic E-state index is 14.5. The molecule has 1 aromatic rings. The maximum Gasteiger partial charge on any atom is 0.244 e. The summed E-state index contributed by atoms with van der Waals surface area (Å²) in [6.07, 6.45) is 6.70. The fourth-order valence-electron chi connectivity index (χ4n) is 4.20. The lowest BCUT2D eigenvalue weighted by Gasteiger charge is -2.40. The largest absolute Gasteiger partial charge is 0.493 e. The van der Waals surface area contributed by atoms with Crippen LogP contribution in [0, 0.1) is 11.7 Å². The fourth-order valence-corrected chi connectivity index (χ4v) is 5.69. The summed E-state index contributed by atoms with van der Waals surface area (Å²) in [6, 6.07) is 4.47. The zero-order valence-electron chi connectivity index (χ0n) is 21.8. The fraction of sp³-hybridized carbons (Fsp3) is 0.500. The predicted octanol–water partition coefficient (Wildman–Crippen LogP) is 8.27. The zero-order chi connectivity index (χ0) is 26.2. The lowest BCUT2D eigenvalue weighted by molar-refractivity contribution is -0.135. The quantitative estimate of drug-likeness (QED) is 0.366. The number of carbonyl (C=O) groups is 1. The molecule has 1 aromatic carbocycles. The Kier molecular flexibility index (Phi) is 10.7. The number of fused-ring (bicyclic) bond motifs is 2. The van der Waals surface area contributed by atoms with Gasteiger partial charge in [0.05, 0.1) is 6.61 Å². The van der Waals surface area contributed by atoms with Crippen LogP contribution in [0.1, 0.15) is 79.2 Å². The molecular weight excluding hydrogens is 466 g/mol. The van der Waals surface area contributed by atoms with Gasteiger partial charge < -0.3 is 4.74 Å². The lowest BCUT2D eigenvalue weighted by atomic mass is 9.87. The number of thioether (sulfide) groups is 1. The van der Waals surface area contributed by atoms with Crippen LogP contribution < -0.4 is 4.74 Å². The molecule has 0 aliphatic carbocycles. The molecule has 1 unspecified atom stereocenters. The highest BCUT2D eigenvalue weighted by molar-refractivity contribution is 8.15. The summed E-state index contributed by atoms with van der Waals surface area (Å²) >= 11 is 1.42. The second-order valence-corrected chi connectivity index (χ2v) is 9.90. The van der Waals surface area contributed by atoms with Crippen molar-refractivity contribution < 1.29 is 18.3 Å². The van der Waals surface area contributed by atoms with Crippen LogP contribution in [0.25, 0.3) is 0 Å². The Balaban J connectivity index is 0.00000210. The number of ether oxygens (including phenoxy) is 1. The third-order valence-electron chi connectivity index (χ3n) is 5.97. The Morgan fingerprint density at radius 3 is 2.66 bits per heavy atom. The third kappa shape index (κ3) is 6.63. The molecule has 192 valence electrons. The second kappa shape index (κ2) is 13.1. The van der Waals surface area contributed by atoms with E-state index in [4.69, 9.17) is 9.84 Å². The molecule has 0 aromatic heterocycles. The van der Waals surface area contributed by atoms with Crippen LogP contribution >= 0.6 is 11.8 Å². The van der Waals surface area contributed by atoms with Crippen molar-refractivity contribution in [1.82, 2.24) is 5.01 Å². The minimum absolute atomic E-state index is 0.153. The second-order valence-electron chi connectivity index (χ2n) is 8.63. The van der Waals surface area contributed by atoms with E-state index in [1.807, 2.05) is 20.8 Å². The molecule has 1 spiro atoms. The Bertz CT molecular complexity index is 1020. The molecule has 2 aliphatic heterocycles. The average Bonchev–Trinajstić information content (AvgIpc) is 3.23. The van der Waals surface area contributed by atoms with Crippen LogP contribution in [0.15, 0.2) is 59.0 Å². The SMILES string of the molecule is C=C(C)/C(F)=C\C=C(/C)C1=NN(C(=O)CC)C2(C[C@H](CCC)CCOc3ccc(F)cc32)S1.CC. The van der Waals surface area contributed by atoms with Gasteiger partial charge in [-0.25, -0.2) is 13.8 Å². The third-order valence-corrected chi connectivity index (χ3v) is 7.46. The first-order valence-corrected chi connectivity index (χ1v) is 13.3. The van der Waals surface area contributed by atoms with E-state index in [0.717, 1.165) is 24.8 Å². The molecule has 3 rings (SSSR count). The van der Waals surface area contributed by atoms with Gasteiger partial charge in [0, 0.05) is 12.0 Å². The molecule has 1 amide bonds. The summed E-state index contributed by atoms with van der Waals surface area (Å²) in [4.78, 5) is 12.2. The van der Waals surface area contributed by atoms with Crippen molar-refractivity contribution in [3.8, 4) is 5.75 Å². The van der Waals surface area contributed by atoms with Crippen molar-refractivity contribution in [2.45, 2.75) is 78.5 Å². The van der Waals surface area contributed by atoms with Gasteiger partial charge in [0.2, 0.25) is 5.91 Å². The number of rotatable bonds is 6. The molecule has 0 fully saturated rings. The number of allylic oxidation sites excluding steroid dienone is 4. The monoisotopic (exact) mass is 504 g/mol. The number of carbonyl (C=O) groups excluding carboxylic acids is 1. The van der Waals surface area contributed by atoms with Gasteiger partial charge in [0.15, 0.2) is 0 Å². The van der Waals surface area contributed by atoms with Crippen LogP contribution in [0.4, 0.5) is 8.78 Å². The van der Waals surface area contributed by atoms with E-state index in [1.165, 1.54) is 35.0 Å². The summed E-state index contributed by atoms with van der Waals surface area (Å²) in [5.41, 5.74) is 1.67. The van der Waals surface area contributed by atoms with Gasteiger partial charge in [-0.3, -0.25) is 4.79 Å². The summed E-state index contributed by atoms with van der Waals surface area (Å²) in [5.74, 6) is -0.102. The topological polar surface area (TPSA) is 41.9 Å².